The van der Waals surface area contributed by atoms with Gasteiger partial charge in [-0.25, -0.2) is 0 Å². The molecule has 13 nitrogen and oxygen atoms in total. The Morgan fingerprint density at radius 1 is 0.840 bits per heavy atom. The van der Waals surface area contributed by atoms with E-state index in [1.54, 1.807) is 52.0 Å². The molecule has 6 amide bonds. The van der Waals surface area contributed by atoms with Crippen LogP contribution in [0.4, 0.5) is 0 Å². The zero-order chi connectivity index (χ0) is 37.9. The second-order valence-corrected chi connectivity index (χ2v) is 15.6. The Balaban J connectivity index is 2.44. The summed E-state index contributed by atoms with van der Waals surface area (Å²) in [6.07, 6.45) is 0.0176. The summed E-state index contributed by atoms with van der Waals surface area (Å²) in [5.41, 5.74) is 6.35. The smallest absolute Gasteiger partial charge is 0.254 e. The van der Waals surface area contributed by atoms with Crippen LogP contribution < -0.4 is 27.0 Å². The minimum atomic E-state index is -1.77. The van der Waals surface area contributed by atoms with Gasteiger partial charge in [0, 0.05) is 11.7 Å². The van der Waals surface area contributed by atoms with Gasteiger partial charge in [0.25, 0.3) is 5.91 Å². The standard InChI is InChI=1S/C36H58N6O7S/c1-10-20(4)26(31(37)45)40-34(48)30-36(8,9)50-19-42(30)35(49)29(44)25(18-24-16-14-13-15-17-24)39-32(46)28(22(6)12-3)41-33(47)27(21(5)11-2)38-23(7)43/h13-17,20-22,25-30,44H,10-12,18-19H2,1-9H3,(H2,37,45)(H,38,43)(H,39,46)(H,40,48)(H,41,47)/t20-,21-,22-,25-,26-,27-,28-,29-,30-/m0/s1. The van der Waals surface area contributed by atoms with Gasteiger partial charge in [-0.1, -0.05) is 91.1 Å². The largest absolute Gasteiger partial charge is 0.381 e. The van der Waals surface area contributed by atoms with Crippen molar-refractivity contribution in [1.29, 1.82) is 0 Å². The van der Waals surface area contributed by atoms with Crippen LogP contribution in [0, 0.1) is 17.8 Å². The highest BCUT2D eigenvalue weighted by Gasteiger charge is 2.50. The van der Waals surface area contributed by atoms with Crippen molar-refractivity contribution in [3.63, 3.8) is 0 Å². The van der Waals surface area contributed by atoms with Crippen molar-refractivity contribution in [3.8, 4) is 0 Å². The Bertz CT molecular complexity index is 1350. The summed E-state index contributed by atoms with van der Waals surface area (Å²) in [5.74, 6) is -4.21. The molecule has 1 aliphatic rings. The molecule has 0 spiro atoms. The van der Waals surface area contributed by atoms with Gasteiger partial charge < -0.3 is 37.0 Å². The van der Waals surface area contributed by atoms with Gasteiger partial charge in [0.05, 0.1) is 11.9 Å². The van der Waals surface area contributed by atoms with E-state index in [4.69, 9.17) is 5.73 Å². The predicted molar refractivity (Wildman–Crippen MR) is 194 cm³/mol. The lowest BCUT2D eigenvalue weighted by atomic mass is 9.93. The molecule has 0 radical (unpaired) electrons. The molecule has 1 heterocycles. The molecule has 9 atom stereocenters. The highest BCUT2D eigenvalue weighted by atomic mass is 32.2. The molecule has 1 aromatic rings. The average Bonchev–Trinajstić information content (AvgIpc) is 3.40. The van der Waals surface area contributed by atoms with Crippen molar-refractivity contribution in [1.82, 2.24) is 26.2 Å². The topological polar surface area (TPSA) is 200 Å². The lowest BCUT2D eigenvalue weighted by Crippen LogP contribution is -2.62. The Labute approximate surface area is 301 Å². The number of carbonyl (C=O) groups is 6. The number of carbonyl (C=O) groups excluding carboxylic acids is 6. The van der Waals surface area contributed by atoms with Crippen LogP contribution in [0.2, 0.25) is 0 Å². The van der Waals surface area contributed by atoms with Gasteiger partial charge in [-0.15, -0.1) is 11.8 Å². The van der Waals surface area contributed by atoms with E-state index in [1.807, 2.05) is 33.8 Å². The highest BCUT2D eigenvalue weighted by Crippen LogP contribution is 2.40. The molecule has 50 heavy (non-hydrogen) atoms. The maximum atomic E-state index is 14.1. The van der Waals surface area contributed by atoms with Crippen LogP contribution in [0.5, 0.6) is 0 Å². The fourth-order valence-electron chi connectivity index (χ4n) is 5.96. The highest BCUT2D eigenvalue weighted by molar-refractivity contribution is 8.00. The summed E-state index contributed by atoms with van der Waals surface area (Å²) in [7, 11) is 0. The van der Waals surface area contributed by atoms with Gasteiger partial charge in [-0.05, 0) is 43.6 Å². The van der Waals surface area contributed by atoms with Crippen LogP contribution in [0.1, 0.15) is 87.1 Å². The van der Waals surface area contributed by atoms with Crippen LogP contribution in [0.15, 0.2) is 30.3 Å². The number of primary amides is 1. The van der Waals surface area contributed by atoms with Gasteiger partial charge in [0.1, 0.15) is 24.2 Å². The van der Waals surface area contributed by atoms with Gasteiger partial charge in [0.15, 0.2) is 6.10 Å². The van der Waals surface area contributed by atoms with E-state index in [2.05, 4.69) is 21.3 Å². The van der Waals surface area contributed by atoms with E-state index in [0.29, 0.717) is 19.3 Å². The Hall–Kier alpha value is -3.65. The molecule has 280 valence electrons. The summed E-state index contributed by atoms with van der Waals surface area (Å²) in [6.45, 7) is 16.0. The quantitative estimate of drug-likeness (QED) is 0.132. The minimum absolute atomic E-state index is 0.0705. The van der Waals surface area contributed by atoms with Gasteiger partial charge in [-0.3, -0.25) is 28.8 Å². The molecule has 0 aromatic heterocycles. The number of rotatable bonds is 18. The van der Waals surface area contributed by atoms with Crippen molar-refractivity contribution in [3.05, 3.63) is 35.9 Å². The summed E-state index contributed by atoms with van der Waals surface area (Å²) >= 11 is 1.35. The number of hydrogen-bond acceptors (Lipinski definition) is 8. The summed E-state index contributed by atoms with van der Waals surface area (Å²) in [5, 5.41) is 22.8. The summed E-state index contributed by atoms with van der Waals surface area (Å²) < 4.78 is -0.776. The molecule has 0 saturated carbocycles. The van der Waals surface area contributed by atoms with Gasteiger partial charge in [-0.2, -0.15) is 0 Å². The van der Waals surface area contributed by atoms with Crippen molar-refractivity contribution in [2.45, 2.75) is 129 Å². The molecular formula is C36H58N6O7S. The van der Waals surface area contributed by atoms with Crippen molar-refractivity contribution in [2.24, 2.45) is 23.5 Å². The summed E-state index contributed by atoms with van der Waals surface area (Å²) in [4.78, 5) is 80.7. The van der Waals surface area contributed by atoms with Crippen LogP contribution in [0.3, 0.4) is 0 Å². The molecule has 1 saturated heterocycles. The number of nitrogens with zero attached hydrogens (tertiary/aromatic N) is 1. The molecule has 2 rings (SSSR count). The number of amides is 6. The van der Waals surface area contributed by atoms with Crippen LogP contribution in [-0.4, -0.2) is 92.4 Å². The molecule has 1 aliphatic heterocycles. The first-order valence-corrected chi connectivity index (χ1v) is 18.5. The molecule has 1 aromatic carbocycles. The lowest BCUT2D eigenvalue weighted by Gasteiger charge is -2.35. The third-order valence-electron chi connectivity index (χ3n) is 9.80. The van der Waals surface area contributed by atoms with E-state index in [1.165, 1.54) is 23.6 Å². The number of aliphatic hydroxyl groups excluding tert-OH is 1. The fourth-order valence-corrected chi connectivity index (χ4v) is 7.10. The van der Waals surface area contributed by atoms with E-state index < -0.39 is 70.6 Å². The molecule has 1 fully saturated rings. The average molecular weight is 719 g/mol. The second kappa shape index (κ2) is 19.1. The third-order valence-corrected chi connectivity index (χ3v) is 11.2. The molecule has 0 aliphatic carbocycles. The van der Waals surface area contributed by atoms with Gasteiger partial charge >= 0.3 is 0 Å². The first kappa shape index (κ1) is 42.5. The monoisotopic (exact) mass is 718 g/mol. The van der Waals surface area contributed by atoms with E-state index in [-0.39, 0.29) is 36.0 Å². The molecule has 0 bridgehead atoms. The molecule has 7 N–H and O–H groups in total. The van der Waals surface area contributed by atoms with Crippen molar-refractivity contribution in [2.75, 3.05) is 5.88 Å². The number of hydrogen-bond donors (Lipinski definition) is 6. The van der Waals surface area contributed by atoms with E-state index in [9.17, 15) is 33.9 Å². The van der Waals surface area contributed by atoms with E-state index in [0.717, 1.165) is 5.56 Å². The number of nitrogens with two attached hydrogens (primary N) is 1. The van der Waals surface area contributed by atoms with Crippen LogP contribution >= 0.6 is 11.8 Å². The van der Waals surface area contributed by atoms with Crippen molar-refractivity contribution < 1.29 is 33.9 Å². The zero-order valence-corrected chi connectivity index (χ0v) is 31.8. The van der Waals surface area contributed by atoms with Crippen LogP contribution in [0.25, 0.3) is 0 Å². The minimum Gasteiger partial charge on any atom is -0.381 e. The molecule has 0 unspecified atom stereocenters. The number of benzene rings is 1. The first-order chi connectivity index (χ1) is 23.4. The molecule has 14 heteroatoms. The maximum Gasteiger partial charge on any atom is 0.254 e. The predicted octanol–water partition coefficient (Wildman–Crippen LogP) is 1.85. The Morgan fingerprint density at radius 2 is 1.34 bits per heavy atom. The first-order valence-electron chi connectivity index (χ1n) is 17.5. The molecular weight excluding hydrogens is 660 g/mol. The lowest BCUT2D eigenvalue weighted by molar-refractivity contribution is -0.148. The zero-order valence-electron chi connectivity index (χ0n) is 30.9. The number of thioether (sulfide) groups is 1. The Morgan fingerprint density at radius 3 is 1.84 bits per heavy atom. The van der Waals surface area contributed by atoms with Crippen LogP contribution in [-0.2, 0) is 35.2 Å². The Kier molecular flexibility index (Phi) is 16.2. The summed E-state index contributed by atoms with van der Waals surface area (Å²) in [6, 6.07) is 3.99. The normalized spacial score (nSPS) is 20.2. The second-order valence-electron chi connectivity index (χ2n) is 14.0. The SMILES string of the molecule is CC[C@H](C)[C@H](NC(=O)[C@@H]1N(C(=O)[C@@H](O)[C@H](Cc2ccccc2)NC(=O)[C@@H](NC(=O)[C@@H](NC(C)=O)[C@@H](C)CC)[C@@H](C)CC)CSC1(C)C)C(N)=O. The van der Waals surface area contributed by atoms with Gasteiger partial charge in [0.2, 0.25) is 29.5 Å². The van der Waals surface area contributed by atoms with Crippen molar-refractivity contribution >= 4 is 47.2 Å². The number of aliphatic hydroxyl groups is 1. The fraction of sp³-hybridized carbons (Fsp3) is 0.667. The number of nitrogens with one attached hydrogen (secondary N) is 4. The van der Waals surface area contributed by atoms with E-state index >= 15 is 0 Å². The third kappa shape index (κ3) is 11.2. The maximum absolute atomic E-state index is 14.1.